The molecule has 0 saturated heterocycles. The van der Waals surface area contributed by atoms with Crippen LogP contribution in [0.3, 0.4) is 0 Å². The molecule has 0 heterocycles. The molecular weight excluding hydrogens is 430 g/mol. The summed E-state index contributed by atoms with van der Waals surface area (Å²) in [7, 11) is -6.62. The van der Waals surface area contributed by atoms with Crippen LogP contribution in [0, 0.1) is 0 Å². The second-order valence-corrected chi connectivity index (χ2v) is 7.98. The summed E-state index contributed by atoms with van der Waals surface area (Å²) in [5, 5.41) is 0. The Morgan fingerprint density at radius 3 is 2.03 bits per heavy atom. The average molecular weight is 456 g/mol. The summed E-state index contributed by atoms with van der Waals surface area (Å²) in [5.41, 5.74) is 2.85. The minimum Gasteiger partial charge on any atom is -0.376 e. The number of ether oxygens (including phenoxy) is 1. The molecule has 0 fully saturated rings. The van der Waals surface area contributed by atoms with Crippen LogP contribution in [0.1, 0.15) is 36.0 Å². The third-order valence-electron chi connectivity index (χ3n) is 4.22. The van der Waals surface area contributed by atoms with Crippen LogP contribution < -0.4 is 0 Å². The maximum atomic E-state index is 12.3. The first kappa shape index (κ1) is 24.6. The normalized spacial score (nSPS) is 14.2. The van der Waals surface area contributed by atoms with Crippen molar-refractivity contribution in [1.29, 1.82) is 0 Å². The Bertz CT molecular complexity index is 810. The predicted octanol–water partition coefficient (Wildman–Crippen LogP) is 4.24. The van der Waals surface area contributed by atoms with Crippen molar-refractivity contribution in [2.75, 3.05) is 13.2 Å². The highest BCUT2D eigenvalue weighted by molar-refractivity contribution is 7.32. The molecule has 0 aliphatic carbocycles. The van der Waals surface area contributed by atoms with E-state index >= 15 is 0 Å². The Kier molecular flexibility index (Phi) is 11.2. The van der Waals surface area contributed by atoms with Crippen molar-refractivity contribution in [3.8, 4) is 11.1 Å². The van der Waals surface area contributed by atoms with Gasteiger partial charge in [0.05, 0.1) is 6.61 Å². The van der Waals surface area contributed by atoms with Gasteiger partial charge in [0.1, 0.15) is 0 Å². The Balaban J connectivity index is 1.64. The van der Waals surface area contributed by atoms with Crippen molar-refractivity contribution in [1.82, 2.24) is 0 Å². The third-order valence-corrected chi connectivity index (χ3v) is 5.15. The van der Waals surface area contributed by atoms with Gasteiger partial charge in [-0.2, -0.15) is 0 Å². The molecule has 0 spiro atoms. The summed E-state index contributed by atoms with van der Waals surface area (Å²) in [6, 6.07) is 17.5. The Morgan fingerprint density at radius 1 is 0.833 bits per heavy atom. The van der Waals surface area contributed by atoms with Crippen LogP contribution in [-0.4, -0.2) is 35.1 Å². The van der Waals surface area contributed by atoms with E-state index in [0.29, 0.717) is 31.4 Å². The second kappa shape index (κ2) is 13.6. The number of unbranched alkanes of at least 4 members (excludes halogenated alkanes) is 2. The molecule has 8 nitrogen and oxygen atoms in total. The summed E-state index contributed by atoms with van der Waals surface area (Å²) in [6.07, 6.45) is 1.19. The zero-order chi connectivity index (χ0) is 21.8. The standard InChI is InChI=1S/C20H26O8P2/c21-19(18-12-10-17(11-13-18)16-7-3-1-4-8-16)9-5-2-6-14-26-15-20(27-29(22)23)28-30(24)25/h1,3-4,7-8,10-13,20,29-30H,2,5-6,9,14-15H2,(H,22,23)(H,24,25). The van der Waals surface area contributed by atoms with E-state index in [0.717, 1.165) is 17.5 Å². The van der Waals surface area contributed by atoms with Gasteiger partial charge in [0.2, 0.25) is 0 Å². The second-order valence-electron chi connectivity index (χ2n) is 6.45. The first-order valence-corrected chi connectivity index (χ1v) is 12.0. The van der Waals surface area contributed by atoms with E-state index < -0.39 is 22.8 Å². The van der Waals surface area contributed by atoms with E-state index in [9.17, 15) is 13.9 Å². The topological polar surface area (TPSA) is 119 Å². The molecule has 164 valence electrons. The summed E-state index contributed by atoms with van der Waals surface area (Å²) in [5.74, 6) is 0.0820. The Hall–Kier alpha value is -1.63. The van der Waals surface area contributed by atoms with Crippen LogP contribution >= 0.6 is 16.5 Å². The van der Waals surface area contributed by atoms with Crippen molar-refractivity contribution in [3.63, 3.8) is 0 Å². The maximum absolute atomic E-state index is 12.3. The molecule has 0 radical (unpaired) electrons. The van der Waals surface area contributed by atoms with Crippen LogP contribution in [0.4, 0.5) is 0 Å². The molecule has 2 aromatic rings. The largest absolute Gasteiger partial charge is 0.376 e. The molecule has 0 saturated carbocycles. The van der Waals surface area contributed by atoms with Crippen molar-refractivity contribution in [2.45, 2.75) is 32.0 Å². The Morgan fingerprint density at radius 2 is 1.43 bits per heavy atom. The van der Waals surface area contributed by atoms with E-state index in [4.69, 9.17) is 14.5 Å². The lowest BCUT2D eigenvalue weighted by Gasteiger charge is -2.14. The van der Waals surface area contributed by atoms with Crippen molar-refractivity contribution >= 4 is 22.3 Å². The van der Waals surface area contributed by atoms with Gasteiger partial charge in [-0.3, -0.25) is 23.0 Å². The number of hydrogen-bond donors (Lipinski definition) is 2. The van der Waals surface area contributed by atoms with Gasteiger partial charge in [-0.1, -0.05) is 61.0 Å². The molecule has 0 aliphatic heterocycles. The number of rotatable bonds is 14. The van der Waals surface area contributed by atoms with Crippen molar-refractivity contribution in [3.05, 3.63) is 60.2 Å². The van der Waals surface area contributed by atoms with Crippen LogP contribution in [0.5, 0.6) is 0 Å². The Labute approximate surface area is 176 Å². The molecule has 30 heavy (non-hydrogen) atoms. The van der Waals surface area contributed by atoms with Gasteiger partial charge in [0, 0.05) is 18.6 Å². The monoisotopic (exact) mass is 456 g/mol. The molecular formula is C20H26O8P2. The fraction of sp³-hybridized carbons (Fsp3) is 0.350. The van der Waals surface area contributed by atoms with Crippen LogP contribution in [0.2, 0.25) is 0 Å². The van der Waals surface area contributed by atoms with Gasteiger partial charge in [0.15, 0.2) is 12.1 Å². The van der Waals surface area contributed by atoms with Gasteiger partial charge in [-0.25, -0.2) is 0 Å². The molecule has 2 aromatic carbocycles. The molecule has 0 bridgehead atoms. The summed E-state index contributed by atoms with van der Waals surface area (Å²) in [6.45, 7) is 0.0720. The fourth-order valence-electron chi connectivity index (χ4n) is 2.79. The number of ketones is 1. The number of carbonyl (C=O) groups is 1. The van der Waals surface area contributed by atoms with Crippen LogP contribution in [-0.2, 0) is 22.9 Å². The van der Waals surface area contributed by atoms with Gasteiger partial charge in [-0.05, 0) is 24.0 Å². The van der Waals surface area contributed by atoms with E-state index in [1.165, 1.54) is 0 Å². The van der Waals surface area contributed by atoms with E-state index in [2.05, 4.69) is 9.05 Å². The molecule has 0 aromatic heterocycles. The number of Topliss-reactive ketones (excluding diaryl/α,β-unsaturated/α-hetero) is 1. The SMILES string of the molecule is O=C(CCCCCOCC(O[PH](=O)O)O[PH](=O)O)c1ccc(-c2ccccc2)cc1. The molecule has 2 atom stereocenters. The summed E-state index contributed by atoms with van der Waals surface area (Å²) >= 11 is 0. The highest BCUT2D eigenvalue weighted by atomic mass is 31.1. The van der Waals surface area contributed by atoms with Crippen LogP contribution in [0.25, 0.3) is 11.1 Å². The lowest BCUT2D eigenvalue weighted by atomic mass is 10.0. The third kappa shape index (κ3) is 9.45. The lowest BCUT2D eigenvalue weighted by molar-refractivity contribution is -0.0618. The number of hydrogen-bond acceptors (Lipinski definition) is 6. The fourth-order valence-corrected chi connectivity index (χ4v) is 3.56. The van der Waals surface area contributed by atoms with Gasteiger partial charge >= 0.3 is 16.5 Å². The molecule has 10 heteroatoms. The molecule has 2 N–H and O–H groups in total. The summed E-state index contributed by atoms with van der Waals surface area (Å²) < 4.78 is 35.5. The molecule has 2 unspecified atom stereocenters. The first-order valence-electron chi connectivity index (χ1n) is 9.51. The van der Waals surface area contributed by atoms with E-state index in [-0.39, 0.29) is 12.4 Å². The first-order chi connectivity index (χ1) is 14.5. The van der Waals surface area contributed by atoms with E-state index in [1.807, 2.05) is 54.6 Å². The molecule has 0 aliphatic rings. The van der Waals surface area contributed by atoms with E-state index in [1.54, 1.807) is 0 Å². The highest BCUT2D eigenvalue weighted by Gasteiger charge is 2.15. The van der Waals surface area contributed by atoms with Crippen molar-refractivity contribution < 1.29 is 37.5 Å². The lowest BCUT2D eigenvalue weighted by Crippen LogP contribution is -2.18. The van der Waals surface area contributed by atoms with Crippen molar-refractivity contribution in [2.24, 2.45) is 0 Å². The van der Waals surface area contributed by atoms with Gasteiger partial charge in [-0.15, -0.1) is 0 Å². The maximum Gasteiger partial charge on any atom is 0.318 e. The minimum atomic E-state index is -3.31. The zero-order valence-electron chi connectivity index (χ0n) is 16.4. The number of benzene rings is 2. The van der Waals surface area contributed by atoms with Gasteiger partial charge < -0.3 is 14.5 Å². The summed E-state index contributed by atoms with van der Waals surface area (Å²) in [4.78, 5) is 29.7. The van der Waals surface area contributed by atoms with Gasteiger partial charge in [0.25, 0.3) is 0 Å². The molecule has 2 rings (SSSR count). The quantitative estimate of drug-likeness (QED) is 0.188. The highest BCUT2D eigenvalue weighted by Crippen LogP contribution is 2.26. The number of carbonyl (C=O) groups excluding carboxylic acids is 1. The average Bonchev–Trinajstić information content (AvgIpc) is 2.72. The minimum absolute atomic E-state index is 0.0820. The predicted molar refractivity (Wildman–Crippen MR) is 114 cm³/mol. The zero-order valence-corrected chi connectivity index (χ0v) is 18.4. The molecule has 0 amide bonds. The smallest absolute Gasteiger partial charge is 0.318 e. The van der Waals surface area contributed by atoms with Crippen LogP contribution in [0.15, 0.2) is 54.6 Å².